The highest BCUT2D eigenvalue weighted by molar-refractivity contribution is 5.92. The molecule has 1 aromatic heterocycles. The highest BCUT2D eigenvalue weighted by Crippen LogP contribution is 2.35. The first-order valence-corrected chi connectivity index (χ1v) is 7.02. The minimum absolute atomic E-state index is 0.129. The number of hydrogen-bond donors (Lipinski definition) is 2. The SMILES string of the molecule is O=C(c1ccn[nH]1)N1C[C@@H](O)C[C@@H]1c1ccc(C(F)(F)F)cc1. The fourth-order valence-electron chi connectivity index (χ4n) is 2.78. The number of aliphatic hydroxyl groups excluding tert-OH is 1. The number of hydrogen-bond acceptors (Lipinski definition) is 3. The summed E-state index contributed by atoms with van der Waals surface area (Å²) in [7, 11) is 0. The molecule has 122 valence electrons. The van der Waals surface area contributed by atoms with Gasteiger partial charge in [0.25, 0.3) is 5.91 Å². The molecule has 2 atom stereocenters. The van der Waals surface area contributed by atoms with Gasteiger partial charge < -0.3 is 10.0 Å². The number of alkyl halides is 3. The zero-order chi connectivity index (χ0) is 16.6. The van der Waals surface area contributed by atoms with Crippen molar-refractivity contribution in [2.45, 2.75) is 24.7 Å². The quantitative estimate of drug-likeness (QED) is 0.891. The number of aromatic nitrogens is 2. The predicted octanol–water partition coefficient (Wildman–Crippen LogP) is 2.38. The van der Waals surface area contributed by atoms with Gasteiger partial charge in [-0.15, -0.1) is 0 Å². The summed E-state index contributed by atoms with van der Waals surface area (Å²) in [5.41, 5.74) is 0.0877. The van der Waals surface area contributed by atoms with Gasteiger partial charge in [-0.05, 0) is 30.2 Å². The summed E-state index contributed by atoms with van der Waals surface area (Å²) < 4.78 is 37.9. The molecule has 0 aliphatic carbocycles. The minimum Gasteiger partial charge on any atom is -0.391 e. The van der Waals surface area contributed by atoms with Crippen LogP contribution in [0.3, 0.4) is 0 Å². The van der Waals surface area contributed by atoms with E-state index in [1.807, 2.05) is 0 Å². The molecule has 0 saturated carbocycles. The first-order chi connectivity index (χ1) is 10.9. The lowest BCUT2D eigenvalue weighted by Crippen LogP contribution is -2.32. The first kappa shape index (κ1) is 15.5. The summed E-state index contributed by atoms with van der Waals surface area (Å²) in [6.45, 7) is 0.129. The third-order valence-electron chi connectivity index (χ3n) is 3.89. The van der Waals surface area contributed by atoms with Gasteiger partial charge >= 0.3 is 6.18 Å². The largest absolute Gasteiger partial charge is 0.416 e. The maximum absolute atomic E-state index is 12.6. The molecule has 3 rings (SSSR count). The van der Waals surface area contributed by atoms with Gasteiger partial charge in [-0.1, -0.05) is 12.1 Å². The number of halogens is 3. The van der Waals surface area contributed by atoms with Crippen molar-refractivity contribution in [3.05, 3.63) is 53.3 Å². The Bertz CT molecular complexity index is 683. The first-order valence-electron chi connectivity index (χ1n) is 7.02. The third kappa shape index (κ3) is 3.07. The van der Waals surface area contributed by atoms with Gasteiger partial charge in [0, 0.05) is 12.7 Å². The van der Waals surface area contributed by atoms with E-state index < -0.39 is 23.9 Å². The van der Waals surface area contributed by atoms with Crippen LogP contribution in [0, 0.1) is 0 Å². The fourth-order valence-corrected chi connectivity index (χ4v) is 2.78. The van der Waals surface area contributed by atoms with Crippen LogP contribution in [-0.4, -0.2) is 38.8 Å². The van der Waals surface area contributed by atoms with Crippen LogP contribution in [0.15, 0.2) is 36.5 Å². The summed E-state index contributed by atoms with van der Waals surface area (Å²) in [5.74, 6) is -0.344. The minimum atomic E-state index is -4.40. The molecule has 1 fully saturated rings. The van der Waals surface area contributed by atoms with Crippen molar-refractivity contribution < 1.29 is 23.1 Å². The maximum atomic E-state index is 12.6. The number of H-pyrrole nitrogens is 1. The van der Waals surface area contributed by atoms with Crippen LogP contribution in [-0.2, 0) is 6.18 Å². The van der Waals surface area contributed by atoms with Crippen LogP contribution in [0.1, 0.15) is 34.1 Å². The van der Waals surface area contributed by atoms with E-state index in [1.54, 1.807) is 0 Å². The highest BCUT2D eigenvalue weighted by atomic mass is 19.4. The molecule has 0 unspecified atom stereocenters. The predicted molar refractivity (Wildman–Crippen MR) is 74.4 cm³/mol. The smallest absolute Gasteiger partial charge is 0.391 e. The lowest BCUT2D eigenvalue weighted by atomic mass is 10.0. The third-order valence-corrected chi connectivity index (χ3v) is 3.89. The van der Waals surface area contributed by atoms with Crippen LogP contribution in [0.5, 0.6) is 0 Å². The summed E-state index contributed by atoms with van der Waals surface area (Å²) in [6.07, 6.45) is -3.40. The van der Waals surface area contributed by atoms with Crippen LogP contribution in [0.2, 0.25) is 0 Å². The maximum Gasteiger partial charge on any atom is 0.416 e. The number of benzene rings is 1. The molecule has 0 spiro atoms. The fraction of sp³-hybridized carbons (Fsp3) is 0.333. The van der Waals surface area contributed by atoms with E-state index in [0.717, 1.165) is 12.1 Å². The second-order valence-electron chi connectivity index (χ2n) is 5.45. The Labute approximate surface area is 129 Å². The number of likely N-dealkylation sites (tertiary alicyclic amines) is 1. The number of β-amino-alcohol motifs (C(OH)–C–C–N with tert-alkyl or cyclic N) is 1. The van der Waals surface area contributed by atoms with Crippen molar-refractivity contribution in [2.24, 2.45) is 0 Å². The second kappa shape index (κ2) is 5.69. The van der Waals surface area contributed by atoms with Gasteiger partial charge in [0.15, 0.2) is 0 Å². The van der Waals surface area contributed by atoms with Gasteiger partial charge in [-0.2, -0.15) is 18.3 Å². The number of aromatic amines is 1. The zero-order valence-electron chi connectivity index (χ0n) is 11.9. The number of nitrogens with one attached hydrogen (secondary N) is 1. The van der Waals surface area contributed by atoms with E-state index in [9.17, 15) is 23.1 Å². The van der Waals surface area contributed by atoms with Gasteiger partial charge in [-0.3, -0.25) is 9.89 Å². The van der Waals surface area contributed by atoms with E-state index in [-0.39, 0.29) is 24.6 Å². The average Bonchev–Trinajstić information content (AvgIpc) is 3.15. The molecular weight excluding hydrogens is 311 g/mol. The van der Waals surface area contributed by atoms with E-state index in [0.29, 0.717) is 5.56 Å². The van der Waals surface area contributed by atoms with E-state index >= 15 is 0 Å². The van der Waals surface area contributed by atoms with Crippen LogP contribution in [0.4, 0.5) is 13.2 Å². The molecule has 5 nitrogen and oxygen atoms in total. The Balaban J connectivity index is 1.86. The van der Waals surface area contributed by atoms with Gasteiger partial charge in [-0.25, -0.2) is 0 Å². The number of carbonyl (C=O) groups excluding carboxylic acids is 1. The number of amides is 1. The molecule has 23 heavy (non-hydrogen) atoms. The number of aliphatic hydroxyl groups is 1. The molecule has 8 heteroatoms. The second-order valence-corrected chi connectivity index (χ2v) is 5.45. The molecule has 1 amide bonds. The molecule has 1 saturated heterocycles. The number of carbonyl (C=O) groups is 1. The van der Waals surface area contributed by atoms with Gasteiger partial charge in [0.1, 0.15) is 5.69 Å². The van der Waals surface area contributed by atoms with Crippen molar-refractivity contribution in [3.63, 3.8) is 0 Å². The Hall–Kier alpha value is -2.35. The summed E-state index contributed by atoms with van der Waals surface area (Å²) in [6, 6.07) is 5.70. The molecule has 0 bridgehead atoms. The van der Waals surface area contributed by atoms with Crippen molar-refractivity contribution in [1.82, 2.24) is 15.1 Å². The summed E-state index contributed by atoms with van der Waals surface area (Å²) in [5, 5.41) is 16.1. The van der Waals surface area contributed by atoms with Crippen LogP contribution >= 0.6 is 0 Å². The molecule has 2 aromatic rings. The Kier molecular flexibility index (Phi) is 3.85. The van der Waals surface area contributed by atoms with Crippen molar-refractivity contribution in [2.75, 3.05) is 6.54 Å². The van der Waals surface area contributed by atoms with Gasteiger partial charge in [0.05, 0.1) is 17.7 Å². The molecule has 1 aliphatic heterocycles. The molecule has 1 aromatic carbocycles. The molecule has 0 radical (unpaired) electrons. The Morgan fingerprint density at radius 3 is 2.52 bits per heavy atom. The zero-order valence-corrected chi connectivity index (χ0v) is 11.9. The lowest BCUT2D eigenvalue weighted by Gasteiger charge is -2.24. The molecular formula is C15H14F3N3O2. The highest BCUT2D eigenvalue weighted by Gasteiger charge is 2.37. The van der Waals surface area contributed by atoms with Crippen molar-refractivity contribution in [1.29, 1.82) is 0 Å². The topological polar surface area (TPSA) is 69.2 Å². The molecule has 1 aliphatic rings. The van der Waals surface area contributed by atoms with E-state index in [1.165, 1.54) is 29.3 Å². The average molecular weight is 325 g/mol. The lowest BCUT2D eigenvalue weighted by molar-refractivity contribution is -0.137. The van der Waals surface area contributed by atoms with Crippen molar-refractivity contribution >= 4 is 5.91 Å². The molecule has 2 heterocycles. The van der Waals surface area contributed by atoms with E-state index in [4.69, 9.17) is 0 Å². The van der Waals surface area contributed by atoms with Crippen LogP contribution < -0.4 is 0 Å². The molecule has 2 N–H and O–H groups in total. The summed E-state index contributed by atoms with van der Waals surface area (Å²) in [4.78, 5) is 13.9. The van der Waals surface area contributed by atoms with Gasteiger partial charge in [0.2, 0.25) is 0 Å². The monoisotopic (exact) mass is 325 g/mol. The van der Waals surface area contributed by atoms with E-state index in [2.05, 4.69) is 10.2 Å². The Morgan fingerprint density at radius 2 is 1.96 bits per heavy atom. The normalized spacial score (nSPS) is 21.7. The number of nitrogens with zero attached hydrogens (tertiary/aromatic N) is 2. The summed E-state index contributed by atoms with van der Waals surface area (Å²) >= 11 is 0. The van der Waals surface area contributed by atoms with Crippen LogP contribution in [0.25, 0.3) is 0 Å². The standard InChI is InChI=1S/C15H14F3N3O2/c16-15(17,18)10-3-1-9(2-4-10)13-7-11(22)8-21(13)14(23)12-5-6-19-20-12/h1-6,11,13,22H,7-8H2,(H,19,20)/t11-,13+/m0/s1. The number of rotatable bonds is 2. The Morgan fingerprint density at radius 1 is 1.26 bits per heavy atom. The van der Waals surface area contributed by atoms with Crippen molar-refractivity contribution in [3.8, 4) is 0 Å².